The minimum Gasteiger partial charge on any atom is -0.407 e. The standard InChI is InChI=1S/C24H32O2Si/c1-24(2,3)27(21-13-6-4-7-14-21,22-15-8-5-9-16-22)26-19-18-20-12-10-11-17-23(20)25/h4-9,13-16,20H,10-12,17-19H2,1-3H3. The fourth-order valence-corrected chi connectivity index (χ4v) is 9.06. The molecule has 2 nitrogen and oxygen atoms in total. The van der Waals surface area contributed by atoms with E-state index >= 15 is 0 Å². The number of rotatable bonds is 6. The van der Waals surface area contributed by atoms with Crippen LogP contribution in [0.15, 0.2) is 60.7 Å². The molecule has 2 aromatic carbocycles. The normalized spacial score (nSPS) is 18.5. The van der Waals surface area contributed by atoms with Crippen molar-refractivity contribution in [1.29, 1.82) is 0 Å². The summed E-state index contributed by atoms with van der Waals surface area (Å²) in [6, 6.07) is 21.5. The molecule has 0 aliphatic heterocycles. The van der Waals surface area contributed by atoms with E-state index in [4.69, 9.17) is 4.43 Å². The molecule has 1 aliphatic rings. The molecule has 0 saturated heterocycles. The van der Waals surface area contributed by atoms with Crippen LogP contribution in [0.1, 0.15) is 52.9 Å². The summed E-state index contributed by atoms with van der Waals surface area (Å²) in [4.78, 5) is 12.2. The molecule has 0 aromatic heterocycles. The fraction of sp³-hybridized carbons (Fsp3) is 0.458. The molecule has 0 heterocycles. The maximum Gasteiger partial charge on any atom is 0.261 e. The van der Waals surface area contributed by atoms with Gasteiger partial charge in [-0.1, -0.05) is 87.9 Å². The van der Waals surface area contributed by atoms with E-state index in [0.29, 0.717) is 12.4 Å². The average molecular weight is 381 g/mol. The van der Waals surface area contributed by atoms with E-state index < -0.39 is 8.32 Å². The van der Waals surface area contributed by atoms with Crippen LogP contribution in [0, 0.1) is 5.92 Å². The van der Waals surface area contributed by atoms with Crippen LogP contribution in [-0.2, 0) is 9.22 Å². The molecule has 1 saturated carbocycles. The number of ketones is 1. The van der Waals surface area contributed by atoms with Crippen molar-refractivity contribution in [3.05, 3.63) is 60.7 Å². The van der Waals surface area contributed by atoms with Crippen LogP contribution >= 0.6 is 0 Å². The maximum atomic E-state index is 12.2. The Labute approximate surface area is 165 Å². The average Bonchev–Trinajstić information content (AvgIpc) is 2.67. The Morgan fingerprint density at radius 2 is 1.48 bits per heavy atom. The SMILES string of the molecule is CC(C)(C)[Si](OCCC1CCCCC1=O)(c1ccccc1)c1ccccc1. The molecular formula is C24H32O2Si. The van der Waals surface area contributed by atoms with Gasteiger partial charge in [-0.15, -0.1) is 0 Å². The lowest BCUT2D eigenvalue weighted by Gasteiger charge is -2.43. The zero-order valence-corrected chi connectivity index (χ0v) is 17.9. The molecule has 0 N–H and O–H groups in total. The van der Waals surface area contributed by atoms with Crippen LogP contribution in [0.2, 0.25) is 5.04 Å². The first-order valence-electron chi connectivity index (χ1n) is 10.2. The van der Waals surface area contributed by atoms with E-state index in [1.54, 1.807) is 0 Å². The van der Waals surface area contributed by atoms with Crippen molar-refractivity contribution in [1.82, 2.24) is 0 Å². The van der Waals surface area contributed by atoms with Crippen molar-refractivity contribution in [2.45, 2.75) is 57.9 Å². The first-order valence-corrected chi connectivity index (χ1v) is 12.1. The molecule has 144 valence electrons. The van der Waals surface area contributed by atoms with Crippen LogP contribution in [0.4, 0.5) is 0 Å². The van der Waals surface area contributed by atoms with Crippen molar-refractivity contribution < 1.29 is 9.22 Å². The van der Waals surface area contributed by atoms with E-state index in [2.05, 4.69) is 81.4 Å². The van der Waals surface area contributed by atoms with E-state index in [0.717, 1.165) is 25.7 Å². The van der Waals surface area contributed by atoms with Gasteiger partial charge in [0.05, 0.1) is 0 Å². The highest BCUT2D eigenvalue weighted by atomic mass is 28.4. The van der Waals surface area contributed by atoms with Gasteiger partial charge in [-0.25, -0.2) is 0 Å². The van der Waals surface area contributed by atoms with Gasteiger partial charge in [0, 0.05) is 18.9 Å². The first-order chi connectivity index (χ1) is 12.9. The monoisotopic (exact) mass is 380 g/mol. The second kappa shape index (κ2) is 8.53. The van der Waals surface area contributed by atoms with Crippen LogP contribution in [0.3, 0.4) is 0 Å². The number of hydrogen-bond donors (Lipinski definition) is 0. The topological polar surface area (TPSA) is 26.3 Å². The van der Waals surface area contributed by atoms with Crippen molar-refractivity contribution in [3.63, 3.8) is 0 Å². The third-order valence-corrected chi connectivity index (χ3v) is 10.9. The molecule has 2 aromatic rings. The van der Waals surface area contributed by atoms with Crippen molar-refractivity contribution in [2.75, 3.05) is 6.61 Å². The molecule has 0 amide bonds. The first kappa shape index (κ1) is 20.0. The molecule has 1 atom stereocenters. The zero-order valence-electron chi connectivity index (χ0n) is 16.9. The minimum absolute atomic E-state index is 0.00766. The molecule has 0 spiro atoms. The lowest BCUT2D eigenvalue weighted by Crippen LogP contribution is -2.66. The maximum absolute atomic E-state index is 12.2. The second-order valence-corrected chi connectivity index (χ2v) is 13.0. The molecule has 1 unspecified atom stereocenters. The number of carbonyl (C=O) groups is 1. The summed E-state index contributed by atoms with van der Waals surface area (Å²) < 4.78 is 6.90. The van der Waals surface area contributed by atoms with Crippen LogP contribution in [-0.4, -0.2) is 20.7 Å². The molecule has 27 heavy (non-hydrogen) atoms. The van der Waals surface area contributed by atoms with Gasteiger partial charge in [0.2, 0.25) is 0 Å². The van der Waals surface area contributed by atoms with Crippen molar-refractivity contribution >= 4 is 24.5 Å². The Balaban J connectivity index is 1.93. The number of hydrogen-bond acceptors (Lipinski definition) is 2. The highest BCUT2D eigenvalue weighted by Gasteiger charge is 2.50. The van der Waals surface area contributed by atoms with Crippen LogP contribution < -0.4 is 10.4 Å². The molecule has 0 radical (unpaired) electrons. The summed E-state index contributed by atoms with van der Waals surface area (Å²) in [6.45, 7) is 7.55. The largest absolute Gasteiger partial charge is 0.407 e. The number of benzene rings is 2. The third kappa shape index (κ3) is 4.25. The lowest BCUT2D eigenvalue weighted by atomic mass is 9.86. The Bertz CT molecular complexity index is 694. The molecule has 0 bridgehead atoms. The predicted molar refractivity (Wildman–Crippen MR) is 115 cm³/mol. The minimum atomic E-state index is -2.47. The van der Waals surface area contributed by atoms with Gasteiger partial charge in [0.15, 0.2) is 0 Å². The predicted octanol–water partition coefficient (Wildman–Crippen LogP) is 4.71. The summed E-state index contributed by atoms with van der Waals surface area (Å²) in [7, 11) is -2.47. The van der Waals surface area contributed by atoms with Gasteiger partial charge in [-0.3, -0.25) is 4.79 Å². The highest BCUT2D eigenvalue weighted by molar-refractivity contribution is 6.99. The van der Waals surface area contributed by atoms with E-state index in [-0.39, 0.29) is 11.0 Å². The fourth-order valence-electron chi connectivity index (χ4n) is 4.48. The summed E-state index contributed by atoms with van der Waals surface area (Å²) in [5.41, 5.74) is 0. The smallest absolute Gasteiger partial charge is 0.261 e. The molecular weight excluding hydrogens is 348 g/mol. The number of carbonyl (C=O) groups excluding carboxylic acids is 1. The number of Topliss-reactive ketones (excluding diaryl/α,β-unsaturated/α-hetero) is 1. The summed E-state index contributed by atoms with van der Waals surface area (Å²) in [6.07, 6.45) is 4.87. The summed E-state index contributed by atoms with van der Waals surface area (Å²) in [5, 5.41) is 2.60. The van der Waals surface area contributed by atoms with Gasteiger partial charge in [-0.05, 0) is 34.7 Å². The Morgan fingerprint density at radius 1 is 0.926 bits per heavy atom. The van der Waals surface area contributed by atoms with Gasteiger partial charge in [-0.2, -0.15) is 0 Å². The summed E-state index contributed by atoms with van der Waals surface area (Å²) >= 11 is 0. The van der Waals surface area contributed by atoms with Gasteiger partial charge < -0.3 is 4.43 Å². The Kier molecular flexibility index (Phi) is 6.33. The van der Waals surface area contributed by atoms with Crippen molar-refractivity contribution in [2.24, 2.45) is 5.92 Å². The molecule has 1 fully saturated rings. The zero-order chi connectivity index (χ0) is 19.3. The van der Waals surface area contributed by atoms with E-state index in [1.165, 1.54) is 16.8 Å². The van der Waals surface area contributed by atoms with Gasteiger partial charge >= 0.3 is 0 Å². The second-order valence-electron chi connectivity index (χ2n) is 8.71. The van der Waals surface area contributed by atoms with Gasteiger partial charge in [0.1, 0.15) is 5.78 Å². The van der Waals surface area contributed by atoms with Crippen LogP contribution in [0.5, 0.6) is 0 Å². The van der Waals surface area contributed by atoms with Crippen molar-refractivity contribution in [3.8, 4) is 0 Å². The quantitative estimate of drug-likeness (QED) is 0.678. The lowest BCUT2D eigenvalue weighted by molar-refractivity contribution is -0.125. The Morgan fingerprint density at radius 3 is 1.96 bits per heavy atom. The molecule has 3 rings (SSSR count). The summed E-state index contributed by atoms with van der Waals surface area (Å²) in [5.74, 6) is 0.629. The third-order valence-electron chi connectivity index (χ3n) is 5.88. The van der Waals surface area contributed by atoms with E-state index in [9.17, 15) is 4.79 Å². The highest BCUT2D eigenvalue weighted by Crippen LogP contribution is 2.37. The van der Waals surface area contributed by atoms with Crippen LogP contribution in [0.25, 0.3) is 0 Å². The molecule has 3 heteroatoms. The Hall–Kier alpha value is -1.71. The van der Waals surface area contributed by atoms with Gasteiger partial charge in [0.25, 0.3) is 8.32 Å². The molecule has 1 aliphatic carbocycles. The van der Waals surface area contributed by atoms with E-state index in [1.807, 2.05) is 0 Å².